The minimum atomic E-state index is 0.553. The van der Waals surface area contributed by atoms with E-state index >= 15 is 0 Å². The number of hydrogen-bond donors (Lipinski definition) is 0. The topological polar surface area (TPSA) is 71.4 Å². The summed E-state index contributed by atoms with van der Waals surface area (Å²) in [5.74, 6) is 0. The molecule has 0 aromatic heterocycles. The molecule has 222 valence electrons. The molecule has 0 bridgehead atoms. The molecule has 0 radical (unpaired) electrons. The predicted molar refractivity (Wildman–Crippen MR) is 193 cm³/mol. The molecule has 0 aliphatic carbocycles. The predicted octanol–water partition coefficient (Wildman–Crippen LogP) is 11.3. The van der Waals surface area contributed by atoms with Crippen LogP contribution in [0.5, 0.6) is 0 Å². The second kappa shape index (κ2) is 13.2. The number of nitrogens with zero attached hydrogens (tertiary/aromatic N) is 3. The van der Waals surface area contributed by atoms with E-state index in [4.69, 9.17) is 0 Å². The molecule has 0 saturated carbocycles. The molecule has 0 amide bonds. The van der Waals surface area contributed by atoms with Crippen LogP contribution >= 0.6 is 0 Å². The fraction of sp³-hybridized carbons (Fsp3) is 0. The molecule has 0 N–H and O–H groups in total. The molecule has 0 unspecified atom stereocenters. The lowest BCUT2D eigenvalue weighted by Crippen LogP contribution is -1.92. The van der Waals surface area contributed by atoms with Crippen molar-refractivity contribution >= 4 is 0 Å². The average Bonchev–Trinajstić information content (AvgIpc) is 3.17. The number of nitriles is 3. The lowest BCUT2D eigenvalue weighted by Gasteiger charge is -2.13. The van der Waals surface area contributed by atoms with Crippen molar-refractivity contribution in [1.82, 2.24) is 0 Å². The zero-order chi connectivity index (χ0) is 32.9. The van der Waals surface area contributed by atoms with E-state index in [1.54, 1.807) is 0 Å². The van der Waals surface area contributed by atoms with Crippen molar-refractivity contribution in [3.8, 4) is 85.0 Å². The quantitative estimate of drug-likeness (QED) is 0.188. The second-order valence-corrected chi connectivity index (χ2v) is 11.4. The molecule has 7 rings (SSSR count). The molecule has 48 heavy (non-hydrogen) atoms. The highest BCUT2D eigenvalue weighted by molar-refractivity contribution is 5.87. The Balaban J connectivity index is 1.25. The summed E-state index contributed by atoms with van der Waals surface area (Å²) in [5, 5.41) is 30.7. The van der Waals surface area contributed by atoms with E-state index in [2.05, 4.69) is 24.3 Å². The zero-order valence-electron chi connectivity index (χ0n) is 25.9. The Labute approximate surface area is 280 Å². The molecule has 0 atom stereocenters. The first-order valence-electron chi connectivity index (χ1n) is 15.6. The van der Waals surface area contributed by atoms with Crippen molar-refractivity contribution in [3.63, 3.8) is 0 Å². The summed E-state index contributed by atoms with van der Waals surface area (Å²) >= 11 is 0. The van der Waals surface area contributed by atoms with E-state index in [9.17, 15) is 15.8 Å². The molecule has 0 aliphatic heterocycles. The van der Waals surface area contributed by atoms with Gasteiger partial charge in [-0.15, -0.1) is 0 Å². The van der Waals surface area contributed by atoms with E-state index in [1.165, 1.54) is 0 Å². The third kappa shape index (κ3) is 5.63. The fourth-order valence-corrected chi connectivity index (χ4v) is 6.33. The summed E-state index contributed by atoms with van der Waals surface area (Å²) in [4.78, 5) is 0. The first-order chi connectivity index (χ1) is 23.7. The van der Waals surface area contributed by atoms with E-state index < -0.39 is 0 Å². The minimum Gasteiger partial charge on any atom is -0.192 e. The molecule has 0 fully saturated rings. The number of hydrogen-bond acceptors (Lipinski definition) is 3. The molecule has 3 heteroatoms. The molecule has 0 heterocycles. The summed E-state index contributed by atoms with van der Waals surface area (Å²) in [6.07, 6.45) is 0. The largest absolute Gasteiger partial charge is 0.192 e. The van der Waals surface area contributed by atoms with Crippen LogP contribution in [-0.4, -0.2) is 0 Å². The maximum atomic E-state index is 10.3. The maximum Gasteiger partial charge on any atom is 0.100 e. The Morgan fingerprint density at radius 2 is 0.646 bits per heavy atom. The zero-order valence-corrected chi connectivity index (χ0v) is 25.9. The molecule has 0 aliphatic rings. The molecular weight excluding hydrogens is 583 g/mol. The molecule has 7 aromatic rings. The number of rotatable bonds is 6. The van der Waals surface area contributed by atoms with E-state index in [-0.39, 0.29) is 0 Å². The van der Waals surface area contributed by atoms with Gasteiger partial charge in [0.1, 0.15) is 12.1 Å². The standard InChI is InChI=1S/C45H27N3/c46-28-38-26-34(33-15-7-17-36(25-33)42-21-9-19-40(44(42)29-47)31-11-3-1-4-12-31)23-24-39(38)35-16-8-18-37(27-35)43-22-10-20-41(45(43)30-48)32-13-5-2-6-14-32/h1-27H. The van der Waals surface area contributed by atoms with Gasteiger partial charge < -0.3 is 0 Å². The van der Waals surface area contributed by atoms with Gasteiger partial charge in [-0.2, -0.15) is 15.8 Å². The van der Waals surface area contributed by atoms with Crippen molar-refractivity contribution in [3.05, 3.63) is 180 Å². The molecular formula is C45H27N3. The van der Waals surface area contributed by atoms with Gasteiger partial charge in [-0.3, -0.25) is 0 Å². The van der Waals surface area contributed by atoms with Crippen LogP contribution in [0.15, 0.2) is 164 Å². The third-order valence-electron chi connectivity index (χ3n) is 8.65. The van der Waals surface area contributed by atoms with E-state index in [0.29, 0.717) is 16.7 Å². The van der Waals surface area contributed by atoms with Crippen LogP contribution in [0.2, 0.25) is 0 Å². The average molecular weight is 610 g/mol. The highest BCUT2D eigenvalue weighted by atomic mass is 14.3. The summed E-state index contributed by atoms with van der Waals surface area (Å²) in [7, 11) is 0. The summed E-state index contributed by atoms with van der Waals surface area (Å²) < 4.78 is 0. The van der Waals surface area contributed by atoms with Crippen molar-refractivity contribution in [2.75, 3.05) is 0 Å². The van der Waals surface area contributed by atoms with Crippen LogP contribution < -0.4 is 0 Å². The molecule has 0 saturated heterocycles. The summed E-state index contributed by atoms with van der Waals surface area (Å²) in [5.41, 5.74) is 12.7. The summed E-state index contributed by atoms with van der Waals surface area (Å²) in [6.45, 7) is 0. The van der Waals surface area contributed by atoms with Gasteiger partial charge in [-0.05, 0) is 62.7 Å². The van der Waals surface area contributed by atoms with Gasteiger partial charge in [0.2, 0.25) is 0 Å². The van der Waals surface area contributed by atoms with Gasteiger partial charge in [0.25, 0.3) is 0 Å². The lowest BCUT2D eigenvalue weighted by atomic mass is 9.89. The SMILES string of the molecule is N#Cc1cc(-c2cccc(-c3cccc(-c4ccccc4)c3C#N)c2)ccc1-c1cccc(-c2cccc(-c3ccccc3)c2C#N)c1. The van der Waals surface area contributed by atoms with Gasteiger partial charge in [-0.1, -0.05) is 146 Å². The van der Waals surface area contributed by atoms with Crippen LogP contribution in [0.25, 0.3) is 66.8 Å². The fourth-order valence-electron chi connectivity index (χ4n) is 6.33. The van der Waals surface area contributed by atoms with Gasteiger partial charge in [0, 0.05) is 22.3 Å². The van der Waals surface area contributed by atoms with Gasteiger partial charge >= 0.3 is 0 Å². The second-order valence-electron chi connectivity index (χ2n) is 11.4. The Morgan fingerprint density at radius 1 is 0.271 bits per heavy atom. The minimum absolute atomic E-state index is 0.553. The van der Waals surface area contributed by atoms with Gasteiger partial charge in [-0.25, -0.2) is 0 Å². The van der Waals surface area contributed by atoms with E-state index in [1.807, 2.05) is 158 Å². The third-order valence-corrected chi connectivity index (χ3v) is 8.65. The normalized spacial score (nSPS) is 10.4. The van der Waals surface area contributed by atoms with Crippen LogP contribution in [-0.2, 0) is 0 Å². The lowest BCUT2D eigenvalue weighted by molar-refractivity contribution is 1.46. The molecule has 7 aromatic carbocycles. The van der Waals surface area contributed by atoms with Crippen LogP contribution in [0.3, 0.4) is 0 Å². The monoisotopic (exact) mass is 609 g/mol. The van der Waals surface area contributed by atoms with Crippen molar-refractivity contribution in [1.29, 1.82) is 15.8 Å². The molecule has 0 spiro atoms. The van der Waals surface area contributed by atoms with Crippen molar-refractivity contribution in [2.24, 2.45) is 0 Å². The van der Waals surface area contributed by atoms with Crippen molar-refractivity contribution in [2.45, 2.75) is 0 Å². The Bertz CT molecular complexity index is 2420. The first-order valence-corrected chi connectivity index (χ1v) is 15.6. The van der Waals surface area contributed by atoms with Crippen LogP contribution in [0, 0.1) is 34.0 Å². The molecule has 3 nitrogen and oxygen atoms in total. The van der Waals surface area contributed by atoms with Gasteiger partial charge in [0.05, 0.1) is 22.8 Å². The van der Waals surface area contributed by atoms with Gasteiger partial charge in [0.15, 0.2) is 0 Å². The van der Waals surface area contributed by atoms with Crippen molar-refractivity contribution < 1.29 is 0 Å². The summed E-state index contributed by atoms with van der Waals surface area (Å²) in [6, 6.07) is 61.1. The smallest absolute Gasteiger partial charge is 0.100 e. The van der Waals surface area contributed by atoms with Crippen LogP contribution in [0.4, 0.5) is 0 Å². The Kier molecular flexibility index (Phi) is 8.15. The Morgan fingerprint density at radius 3 is 1.12 bits per heavy atom. The maximum absolute atomic E-state index is 10.3. The first kappa shape index (κ1) is 29.7. The highest BCUT2D eigenvalue weighted by Crippen LogP contribution is 2.37. The number of benzene rings is 7. The van der Waals surface area contributed by atoms with Crippen LogP contribution in [0.1, 0.15) is 16.7 Å². The highest BCUT2D eigenvalue weighted by Gasteiger charge is 2.15. The van der Waals surface area contributed by atoms with E-state index in [0.717, 1.165) is 66.8 Å². The Hall–Kier alpha value is -6.99.